The van der Waals surface area contributed by atoms with Crippen molar-refractivity contribution in [3.05, 3.63) is 54.0 Å². The predicted molar refractivity (Wildman–Crippen MR) is 60.1 cm³/mol. The molecule has 5 nitrogen and oxygen atoms in total. The van der Waals surface area contributed by atoms with Gasteiger partial charge in [0.15, 0.2) is 0 Å². The number of carboxylic acids is 1. The number of amides is 1. The van der Waals surface area contributed by atoms with Crippen molar-refractivity contribution in [2.24, 2.45) is 0 Å². The van der Waals surface area contributed by atoms with Crippen molar-refractivity contribution in [1.82, 2.24) is 0 Å². The van der Waals surface area contributed by atoms with Crippen molar-refractivity contribution >= 4 is 17.6 Å². The molecule has 0 aliphatic heterocycles. The number of carbonyl (C=O) groups is 2. The molecule has 86 valence electrons. The molecule has 1 aromatic carbocycles. The Labute approximate surface area is 96.7 Å². The Balaban J connectivity index is 2.16. The lowest BCUT2D eigenvalue weighted by atomic mass is 10.2. The topological polar surface area (TPSA) is 79.5 Å². The van der Waals surface area contributed by atoms with E-state index in [2.05, 4.69) is 5.32 Å². The van der Waals surface area contributed by atoms with Crippen LogP contribution >= 0.6 is 0 Å². The summed E-state index contributed by atoms with van der Waals surface area (Å²) >= 11 is 0. The molecule has 0 aliphatic carbocycles. The number of anilines is 1. The van der Waals surface area contributed by atoms with Crippen molar-refractivity contribution in [1.29, 1.82) is 0 Å². The molecule has 5 heteroatoms. The zero-order valence-electron chi connectivity index (χ0n) is 8.71. The van der Waals surface area contributed by atoms with Gasteiger partial charge in [0.1, 0.15) is 6.26 Å². The first kappa shape index (κ1) is 10.9. The van der Waals surface area contributed by atoms with E-state index in [9.17, 15) is 9.59 Å². The third kappa shape index (κ3) is 2.52. The van der Waals surface area contributed by atoms with Crippen LogP contribution in [0.2, 0.25) is 0 Å². The van der Waals surface area contributed by atoms with Crippen molar-refractivity contribution in [2.75, 3.05) is 5.32 Å². The molecule has 0 aliphatic rings. The Bertz CT molecular complexity index is 545. The minimum atomic E-state index is -1.04. The summed E-state index contributed by atoms with van der Waals surface area (Å²) in [4.78, 5) is 22.4. The Kier molecular flexibility index (Phi) is 2.91. The maximum atomic E-state index is 11.6. The second kappa shape index (κ2) is 4.52. The van der Waals surface area contributed by atoms with Crippen LogP contribution in [-0.2, 0) is 0 Å². The first-order valence-electron chi connectivity index (χ1n) is 4.84. The lowest BCUT2D eigenvalue weighted by molar-refractivity contribution is 0.0696. The van der Waals surface area contributed by atoms with Gasteiger partial charge in [-0.1, -0.05) is 6.07 Å². The lowest BCUT2D eigenvalue weighted by Gasteiger charge is -2.04. The van der Waals surface area contributed by atoms with Gasteiger partial charge in [0, 0.05) is 5.69 Å². The van der Waals surface area contributed by atoms with Crippen LogP contribution < -0.4 is 5.32 Å². The molecule has 0 radical (unpaired) electrons. The molecule has 0 saturated heterocycles. The summed E-state index contributed by atoms with van der Waals surface area (Å²) < 4.78 is 4.78. The third-order valence-electron chi connectivity index (χ3n) is 2.15. The summed E-state index contributed by atoms with van der Waals surface area (Å²) in [6.45, 7) is 0. The van der Waals surface area contributed by atoms with Gasteiger partial charge in [0.25, 0.3) is 5.91 Å². The number of rotatable bonds is 3. The Morgan fingerprint density at radius 2 is 2.00 bits per heavy atom. The second-order valence-corrected chi connectivity index (χ2v) is 3.35. The van der Waals surface area contributed by atoms with Crippen LogP contribution in [0.25, 0.3) is 0 Å². The van der Waals surface area contributed by atoms with Gasteiger partial charge in [0.05, 0.1) is 17.4 Å². The highest BCUT2D eigenvalue weighted by atomic mass is 16.4. The van der Waals surface area contributed by atoms with E-state index in [4.69, 9.17) is 9.52 Å². The fourth-order valence-corrected chi connectivity index (χ4v) is 1.33. The van der Waals surface area contributed by atoms with Gasteiger partial charge in [-0.05, 0) is 24.3 Å². The highest BCUT2D eigenvalue weighted by Crippen LogP contribution is 2.12. The maximum absolute atomic E-state index is 11.6. The van der Waals surface area contributed by atoms with Crippen molar-refractivity contribution < 1.29 is 19.1 Å². The van der Waals surface area contributed by atoms with Crippen LogP contribution in [-0.4, -0.2) is 17.0 Å². The van der Waals surface area contributed by atoms with E-state index in [-0.39, 0.29) is 11.5 Å². The molecule has 0 saturated carbocycles. The van der Waals surface area contributed by atoms with Gasteiger partial charge in [0.2, 0.25) is 0 Å². The van der Waals surface area contributed by atoms with E-state index in [1.807, 2.05) is 0 Å². The van der Waals surface area contributed by atoms with E-state index in [0.717, 1.165) is 0 Å². The summed E-state index contributed by atoms with van der Waals surface area (Å²) in [5.41, 5.74) is 0.928. The van der Waals surface area contributed by atoms with Gasteiger partial charge in [-0.15, -0.1) is 0 Å². The number of carbonyl (C=O) groups excluding carboxylic acids is 1. The average Bonchev–Trinajstić information content (AvgIpc) is 2.82. The molecule has 2 aromatic rings. The summed E-state index contributed by atoms with van der Waals surface area (Å²) in [5, 5.41) is 11.4. The number of furan rings is 1. The molecule has 0 unspecified atom stereocenters. The van der Waals surface area contributed by atoms with E-state index in [1.54, 1.807) is 12.1 Å². The SMILES string of the molecule is O=C(O)c1cccc(NC(=O)c2ccoc2)c1. The van der Waals surface area contributed by atoms with Crippen LogP contribution in [0.1, 0.15) is 20.7 Å². The molecule has 0 atom stereocenters. The van der Waals surface area contributed by atoms with Gasteiger partial charge in [-0.3, -0.25) is 4.79 Å². The number of carboxylic acid groups (broad SMARTS) is 1. The lowest BCUT2D eigenvalue weighted by Crippen LogP contribution is -2.11. The van der Waals surface area contributed by atoms with Crippen molar-refractivity contribution in [2.45, 2.75) is 0 Å². The molecule has 0 bridgehead atoms. The molecule has 2 N–H and O–H groups in total. The van der Waals surface area contributed by atoms with Gasteiger partial charge in [-0.25, -0.2) is 4.79 Å². The summed E-state index contributed by atoms with van der Waals surface area (Å²) in [7, 11) is 0. The number of nitrogens with one attached hydrogen (secondary N) is 1. The molecule has 1 amide bonds. The Hall–Kier alpha value is -2.56. The van der Waals surface area contributed by atoms with Gasteiger partial charge < -0.3 is 14.8 Å². The quantitative estimate of drug-likeness (QED) is 0.848. The van der Waals surface area contributed by atoms with E-state index in [0.29, 0.717) is 11.3 Å². The molecule has 17 heavy (non-hydrogen) atoms. The van der Waals surface area contributed by atoms with Crippen LogP contribution in [0.5, 0.6) is 0 Å². The molecule has 1 aromatic heterocycles. The highest BCUT2D eigenvalue weighted by Gasteiger charge is 2.08. The number of hydrogen-bond acceptors (Lipinski definition) is 3. The molecular formula is C12H9NO4. The predicted octanol–water partition coefficient (Wildman–Crippen LogP) is 2.23. The third-order valence-corrected chi connectivity index (χ3v) is 2.15. The number of benzene rings is 1. The van der Waals surface area contributed by atoms with E-state index in [1.165, 1.54) is 30.7 Å². The largest absolute Gasteiger partial charge is 0.478 e. The van der Waals surface area contributed by atoms with Gasteiger partial charge >= 0.3 is 5.97 Å². The van der Waals surface area contributed by atoms with Crippen LogP contribution in [0.3, 0.4) is 0 Å². The van der Waals surface area contributed by atoms with Gasteiger partial charge in [-0.2, -0.15) is 0 Å². The maximum Gasteiger partial charge on any atom is 0.335 e. The minimum Gasteiger partial charge on any atom is -0.478 e. The van der Waals surface area contributed by atoms with E-state index < -0.39 is 5.97 Å². The Morgan fingerprint density at radius 3 is 2.65 bits per heavy atom. The standard InChI is InChI=1S/C12H9NO4/c14-11(9-4-5-17-7-9)13-10-3-1-2-8(6-10)12(15)16/h1-7H,(H,13,14)(H,15,16). The molecule has 0 spiro atoms. The molecule has 2 rings (SSSR count). The van der Waals surface area contributed by atoms with Crippen molar-refractivity contribution in [3.63, 3.8) is 0 Å². The molecule has 0 fully saturated rings. The summed E-state index contributed by atoms with van der Waals surface area (Å²) in [6, 6.07) is 7.55. The first-order valence-corrected chi connectivity index (χ1v) is 4.84. The summed E-state index contributed by atoms with van der Waals surface area (Å²) in [6.07, 6.45) is 2.71. The molecule has 1 heterocycles. The number of hydrogen-bond donors (Lipinski definition) is 2. The van der Waals surface area contributed by atoms with E-state index >= 15 is 0 Å². The van der Waals surface area contributed by atoms with Crippen molar-refractivity contribution in [3.8, 4) is 0 Å². The zero-order chi connectivity index (χ0) is 12.3. The summed E-state index contributed by atoms with van der Waals surface area (Å²) in [5.74, 6) is -1.38. The monoisotopic (exact) mass is 231 g/mol. The minimum absolute atomic E-state index is 0.120. The zero-order valence-corrected chi connectivity index (χ0v) is 8.71. The van der Waals surface area contributed by atoms with Crippen LogP contribution in [0, 0.1) is 0 Å². The second-order valence-electron chi connectivity index (χ2n) is 3.35. The average molecular weight is 231 g/mol. The first-order chi connectivity index (χ1) is 8.16. The molecular weight excluding hydrogens is 222 g/mol. The van der Waals surface area contributed by atoms with Crippen LogP contribution in [0.4, 0.5) is 5.69 Å². The Morgan fingerprint density at radius 1 is 1.18 bits per heavy atom. The fourth-order valence-electron chi connectivity index (χ4n) is 1.33. The van der Waals surface area contributed by atoms with Crippen LogP contribution in [0.15, 0.2) is 47.3 Å². The number of aromatic carboxylic acids is 1. The normalized spacial score (nSPS) is 9.88. The smallest absolute Gasteiger partial charge is 0.335 e. The highest BCUT2D eigenvalue weighted by molar-refractivity contribution is 6.04. The fraction of sp³-hybridized carbons (Fsp3) is 0.